The summed E-state index contributed by atoms with van der Waals surface area (Å²) in [6, 6.07) is 6.59. The van der Waals surface area contributed by atoms with E-state index in [0.717, 1.165) is 25.2 Å². The number of nitrogens with one attached hydrogen (secondary N) is 1. The number of alkyl halides is 6. The number of carboxylic acids is 1. The summed E-state index contributed by atoms with van der Waals surface area (Å²) >= 11 is 6.46. The van der Waals surface area contributed by atoms with Gasteiger partial charge in [0.05, 0.1) is 16.3 Å². The van der Waals surface area contributed by atoms with Crippen LogP contribution in [0.2, 0.25) is 5.02 Å². The van der Waals surface area contributed by atoms with Gasteiger partial charge in [0.2, 0.25) is 0 Å². The Morgan fingerprint density at radius 2 is 1.71 bits per heavy atom. The van der Waals surface area contributed by atoms with Crippen molar-refractivity contribution in [2.75, 3.05) is 49.7 Å². The van der Waals surface area contributed by atoms with E-state index in [1.54, 1.807) is 25.2 Å². The first-order chi connectivity index (χ1) is 28.9. The number of esters is 2. The summed E-state index contributed by atoms with van der Waals surface area (Å²) in [5.74, 6) is -4.21. The number of benzene rings is 1. The highest BCUT2D eigenvalue weighted by Crippen LogP contribution is 2.53. The Balaban J connectivity index is 0.000000845. The van der Waals surface area contributed by atoms with Gasteiger partial charge in [0.1, 0.15) is 23.1 Å². The third-order valence-corrected chi connectivity index (χ3v) is 13.1. The maximum absolute atomic E-state index is 14.2. The van der Waals surface area contributed by atoms with Gasteiger partial charge < -0.3 is 29.7 Å². The molecule has 2 aromatic rings. The Labute approximate surface area is 358 Å². The number of halogens is 7. The lowest BCUT2D eigenvalue weighted by atomic mass is 9.55. The second-order valence-corrected chi connectivity index (χ2v) is 17.2. The molecule has 21 heteroatoms. The number of carbonyl (C=O) groups excluding carboxylic acids is 2. The van der Waals surface area contributed by atoms with E-state index < -0.39 is 77.4 Å². The van der Waals surface area contributed by atoms with E-state index in [1.165, 1.54) is 18.1 Å². The molecule has 2 saturated heterocycles. The fourth-order valence-electron chi connectivity index (χ4n) is 9.60. The minimum absolute atomic E-state index is 0.0105. The molecule has 14 nitrogen and oxygen atoms in total. The number of rotatable bonds is 7. The molecule has 0 unspecified atom stereocenters. The SMILES string of the molecule is CC(=O)O[C@@H]1C(C)=C[C@@H]2[C@H]([C@@H](C)CN3CCN(c4ccc(C(F)(F)F)cn4)CC3)CC[C@@H](C)[C@]2(O)[C@H]1OC(=O)[C@@H]1C[C@@]2(O)c3cccc(Cl)c3N(C)O[C@H]2N1.O=C(O)C(F)(F)F. The number of nitrogens with zero attached hydrogens (tertiary/aromatic N) is 4. The number of aromatic nitrogens is 1. The highest BCUT2D eigenvalue weighted by molar-refractivity contribution is 6.33. The fourth-order valence-corrected chi connectivity index (χ4v) is 9.90. The van der Waals surface area contributed by atoms with Gasteiger partial charge in [-0.05, 0) is 61.3 Å². The number of pyridine rings is 1. The van der Waals surface area contributed by atoms with Crippen LogP contribution in [0.25, 0.3) is 0 Å². The van der Waals surface area contributed by atoms with Crippen molar-refractivity contribution in [1.29, 1.82) is 0 Å². The molecule has 4 heterocycles. The van der Waals surface area contributed by atoms with Crippen molar-refractivity contribution in [1.82, 2.24) is 15.2 Å². The number of para-hydroxylation sites is 1. The topological polar surface area (TPSA) is 174 Å². The molecule has 2 aliphatic carbocycles. The minimum Gasteiger partial charge on any atom is -0.475 e. The van der Waals surface area contributed by atoms with Crippen LogP contribution in [0, 0.1) is 23.7 Å². The molecule has 342 valence electrons. The van der Waals surface area contributed by atoms with Gasteiger partial charge >= 0.3 is 30.3 Å². The Morgan fingerprint density at radius 1 is 1.05 bits per heavy atom. The molecule has 5 aliphatic rings. The fraction of sp³-hybridized carbons (Fsp3) is 0.610. The number of aliphatic carboxylic acids is 1. The molecule has 3 aliphatic heterocycles. The lowest BCUT2D eigenvalue weighted by Crippen LogP contribution is -2.66. The van der Waals surface area contributed by atoms with Crippen LogP contribution >= 0.6 is 11.6 Å². The zero-order valence-corrected chi connectivity index (χ0v) is 35.3. The van der Waals surface area contributed by atoms with Gasteiger partial charge in [0, 0.05) is 70.8 Å². The molecule has 0 amide bonds. The number of piperazine rings is 1. The van der Waals surface area contributed by atoms with E-state index in [2.05, 4.69) is 22.1 Å². The van der Waals surface area contributed by atoms with E-state index in [0.29, 0.717) is 60.3 Å². The van der Waals surface area contributed by atoms with Crippen molar-refractivity contribution >= 4 is 41.0 Å². The number of ether oxygens (including phenoxy) is 2. The van der Waals surface area contributed by atoms with Crippen molar-refractivity contribution < 1.29 is 70.4 Å². The predicted octanol–water partition coefficient (Wildman–Crippen LogP) is 5.30. The Morgan fingerprint density at radius 3 is 2.29 bits per heavy atom. The monoisotopic (exact) mass is 905 g/mol. The maximum atomic E-state index is 14.2. The molecular weight excluding hydrogens is 856 g/mol. The third kappa shape index (κ3) is 9.36. The van der Waals surface area contributed by atoms with Gasteiger partial charge in [0.25, 0.3) is 0 Å². The first-order valence-electron chi connectivity index (χ1n) is 20.1. The number of anilines is 2. The van der Waals surface area contributed by atoms with Gasteiger partial charge in [-0.15, -0.1) is 0 Å². The number of carbonyl (C=O) groups is 3. The molecule has 4 N–H and O–H groups in total. The molecule has 1 saturated carbocycles. The minimum atomic E-state index is -5.08. The van der Waals surface area contributed by atoms with E-state index in [1.807, 2.05) is 24.8 Å². The normalized spacial score (nSPS) is 31.6. The van der Waals surface area contributed by atoms with Crippen LogP contribution in [0.1, 0.15) is 58.1 Å². The van der Waals surface area contributed by atoms with E-state index in [9.17, 15) is 46.1 Å². The van der Waals surface area contributed by atoms with Crippen LogP contribution in [-0.2, 0) is 40.5 Å². The first-order valence-corrected chi connectivity index (χ1v) is 20.5. The molecule has 7 rings (SSSR count). The number of aliphatic hydroxyl groups is 2. The van der Waals surface area contributed by atoms with Crippen LogP contribution in [-0.4, -0.2) is 119 Å². The molecule has 0 radical (unpaired) electrons. The first kappa shape index (κ1) is 47.3. The van der Waals surface area contributed by atoms with Crippen LogP contribution in [0.5, 0.6) is 0 Å². The summed E-state index contributed by atoms with van der Waals surface area (Å²) < 4.78 is 83.0. The molecule has 1 aromatic carbocycles. The summed E-state index contributed by atoms with van der Waals surface area (Å²) in [5.41, 5.74) is -2.30. The summed E-state index contributed by atoms with van der Waals surface area (Å²) in [5, 5.41) is 36.8. The highest BCUT2D eigenvalue weighted by atomic mass is 35.5. The van der Waals surface area contributed by atoms with Crippen LogP contribution in [0.4, 0.5) is 37.8 Å². The van der Waals surface area contributed by atoms with Crippen molar-refractivity contribution in [2.45, 2.75) is 95.0 Å². The highest BCUT2D eigenvalue weighted by Gasteiger charge is 2.62. The molecule has 0 bridgehead atoms. The van der Waals surface area contributed by atoms with Crippen LogP contribution in [0.15, 0.2) is 48.2 Å². The van der Waals surface area contributed by atoms with Gasteiger partial charge in [-0.3, -0.25) is 29.7 Å². The standard InChI is InChI=1S/C39H49ClF3N5O7.C2HF3O2/c1-21-17-28-26(22(2)20-47-13-15-48(16-14-47)31-12-10-25(19-44-31)39(41,42)43)11-9-23(3)38(28,52)34(33(21)53-24(4)49)54-35(50)30-18-37(51)27-7-6-8-29(40)32(27)46(5)55-36(37)45-30;3-2(4,5)1(6)7/h6-8,10,12,17,19,22-23,26,28,30,33-34,36,45,51-52H,9,11,13-16,18,20H2,1-5H3;(H,6,7)/t22-,23+,26-,28+,30-,33+,34-,36+,37+,38+;/m0./s1. The Hall–Kier alpha value is -4.21. The van der Waals surface area contributed by atoms with E-state index in [4.69, 9.17) is 35.8 Å². The van der Waals surface area contributed by atoms with Crippen molar-refractivity contribution in [3.8, 4) is 0 Å². The maximum Gasteiger partial charge on any atom is 0.490 e. The lowest BCUT2D eigenvalue weighted by Gasteiger charge is -2.56. The number of carboxylic acid groups (broad SMARTS) is 1. The smallest absolute Gasteiger partial charge is 0.475 e. The van der Waals surface area contributed by atoms with Gasteiger partial charge in [-0.1, -0.05) is 43.7 Å². The van der Waals surface area contributed by atoms with Gasteiger partial charge in [0.15, 0.2) is 18.4 Å². The zero-order chi connectivity index (χ0) is 45.7. The number of hydrogen-bond acceptors (Lipinski definition) is 13. The summed E-state index contributed by atoms with van der Waals surface area (Å²) in [7, 11) is 1.66. The predicted molar refractivity (Wildman–Crippen MR) is 210 cm³/mol. The second kappa shape index (κ2) is 17.8. The third-order valence-electron chi connectivity index (χ3n) is 12.8. The van der Waals surface area contributed by atoms with Crippen molar-refractivity contribution in [3.05, 3.63) is 64.3 Å². The van der Waals surface area contributed by atoms with Crippen LogP contribution < -0.4 is 15.3 Å². The molecule has 10 atom stereocenters. The average molecular weight is 906 g/mol. The van der Waals surface area contributed by atoms with Crippen molar-refractivity contribution in [2.24, 2.45) is 23.7 Å². The molecule has 3 fully saturated rings. The van der Waals surface area contributed by atoms with E-state index in [-0.39, 0.29) is 24.2 Å². The number of hydrogen-bond donors (Lipinski definition) is 4. The summed E-state index contributed by atoms with van der Waals surface area (Å²) in [6.45, 7) is 10.5. The second-order valence-electron chi connectivity index (χ2n) is 16.8. The quantitative estimate of drug-likeness (QED) is 0.160. The van der Waals surface area contributed by atoms with Gasteiger partial charge in [-0.25, -0.2) is 9.78 Å². The lowest BCUT2D eigenvalue weighted by molar-refractivity contribution is -0.225. The molecule has 0 spiro atoms. The molecule has 62 heavy (non-hydrogen) atoms. The number of hydroxylamine groups is 1. The average Bonchev–Trinajstić information content (AvgIpc) is 3.54. The van der Waals surface area contributed by atoms with E-state index >= 15 is 0 Å². The molecule has 1 aromatic heterocycles. The number of fused-ring (bicyclic) bond motifs is 4. The van der Waals surface area contributed by atoms with Gasteiger partial charge in [-0.2, -0.15) is 26.3 Å². The summed E-state index contributed by atoms with van der Waals surface area (Å²) in [4.78, 5) is 49.8. The Bertz CT molecular complexity index is 2020. The van der Waals surface area contributed by atoms with Crippen molar-refractivity contribution in [3.63, 3.8) is 0 Å². The summed E-state index contributed by atoms with van der Waals surface area (Å²) in [6.07, 6.45) is -8.54. The van der Waals surface area contributed by atoms with Crippen LogP contribution in [0.3, 0.4) is 0 Å². The zero-order valence-electron chi connectivity index (χ0n) is 34.5. The Kier molecular flexibility index (Phi) is 13.5. The molecular formula is C41H50ClF6N5O9. The largest absolute Gasteiger partial charge is 0.490 e.